The van der Waals surface area contributed by atoms with E-state index in [4.69, 9.17) is 0 Å². The monoisotopic (exact) mass is 734 g/mol. The van der Waals surface area contributed by atoms with Crippen molar-refractivity contribution in [2.24, 2.45) is 0 Å². The summed E-state index contributed by atoms with van der Waals surface area (Å²) in [6.07, 6.45) is 4.38. The molecule has 0 nitrogen and oxygen atoms in total. The largest absolute Gasteiger partial charge is 0.0622 e. The Balaban J connectivity index is 1.16. The highest BCUT2D eigenvalue weighted by molar-refractivity contribution is 6.26. The van der Waals surface area contributed by atoms with Crippen LogP contribution in [-0.2, 0) is 0 Å². The fourth-order valence-electron chi connectivity index (χ4n) is 9.19. The molecular weight excluding hydrogens is 697 g/mol. The molecule has 0 heteroatoms. The fourth-order valence-corrected chi connectivity index (χ4v) is 9.19. The summed E-state index contributed by atoms with van der Waals surface area (Å²) < 4.78 is 0. The Kier molecular flexibility index (Phi) is 8.26. The zero-order chi connectivity index (χ0) is 38.4. The van der Waals surface area contributed by atoms with Gasteiger partial charge in [0.2, 0.25) is 0 Å². The third-order valence-electron chi connectivity index (χ3n) is 11.8. The number of benzene rings is 11. The van der Waals surface area contributed by atoms with Gasteiger partial charge in [-0.15, -0.1) is 0 Å². The fraction of sp³-hybridized carbons (Fsp3) is 0. The minimum atomic E-state index is 1.18. The van der Waals surface area contributed by atoms with Gasteiger partial charge < -0.3 is 0 Å². The highest BCUT2D eigenvalue weighted by atomic mass is 14.2. The molecule has 0 heterocycles. The van der Waals surface area contributed by atoms with E-state index in [1.165, 1.54) is 109 Å². The number of fused-ring (bicyclic) bond motifs is 5. The molecule has 0 fully saturated rings. The standard InChI is InChI=1S/C58H38/c1-2-15-39(16-3-1)33-34-40-17-10-22-43(37-40)47-27-13-30-50-48(28-14-29-49(47)50)44-35-36-55-56(38-44)58(52-32-12-21-42-19-5-7-24-46(42)52)54-26-9-8-25-53(54)57(55)51-31-11-20-41-18-4-6-23-45(41)51/h1-38H/b34-33-. The van der Waals surface area contributed by atoms with Gasteiger partial charge in [-0.1, -0.05) is 218 Å². The van der Waals surface area contributed by atoms with E-state index in [0.29, 0.717) is 0 Å². The zero-order valence-electron chi connectivity index (χ0n) is 31.9. The minimum Gasteiger partial charge on any atom is -0.0622 e. The predicted octanol–water partition coefficient (Wildman–Crippen LogP) is 16.3. The Morgan fingerprint density at radius 2 is 0.638 bits per heavy atom. The summed E-state index contributed by atoms with van der Waals surface area (Å²) in [5.41, 5.74) is 12.3. The lowest BCUT2D eigenvalue weighted by Gasteiger charge is -2.21. The molecule has 0 radical (unpaired) electrons. The number of hydrogen-bond acceptors (Lipinski definition) is 0. The van der Waals surface area contributed by atoms with Gasteiger partial charge >= 0.3 is 0 Å². The van der Waals surface area contributed by atoms with E-state index in [1.807, 2.05) is 0 Å². The second kappa shape index (κ2) is 14.2. The van der Waals surface area contributed by atoms with Crippen LogP contribution in [0.25, 0.3) is 111 Å². The maximum absolute atomic E-state index is 2.46. The third kappa shape index (κ3) is 5.78. The van der Waals surface area contributed by atoms with E-state index in [-0.39, 0.29) is 0 Å². The summed E-state index contributed by atoms with van der Waals surface area (Å²) in [7, 11) is 0. The first-order chi connectivity index (χ1) is 28.8. The minimum absolute atomic E-state index is 1.18. The quantitative estimate of drug-likeness (QED) is 0.118. The van der Waals surface area contributed by atoms with Crippen molar-refractivity contribution in [3.05, 3.63) is 230 Å². The van der Waals surface area contributed by atoms with Crippen molar-refractivity contribution in [3.8, 4) is 44.5 Å². The molecule has 11 aromatic carbocycles. The van der Waals surface area contributed by atoms with E-state index in [2.05, 4.69) is 231 Å². The van der Waals surface area contributed by atoms with Crippen molar-refractivity contribution in [2.75, 3.05) is 0 Å². The highest BCUT2D eigenvalue weighted by Gasteiger charge is 2.20. The highest BCUT2D eigenvalue weighted by Crippen LogP contribution is 2.48. The SMILES string of the molecule is C(=C/c1cccc(-c2cccc3c(-c4ccc5c(-c6cccc7ccccc67)c6ccccc6c(-c6cccc7ccccc67)c5c4)cccc23)c1)/c1ccccc1. The molecule has 0 aliphatic carbocycles. The normalized spacial score (nSPS) is 11.7. The molecule has 0 aliphatic rings. The molecular formula is C58H38. The van der Waals surface area contributed by atoms with Gasteiger partial charge in [0.15, 0.2) is 0 Å². The summed E-state index contributed by atoms with van der Waals surface area (Å²) in [6.45, 7) is 0. The molecule has 11 rings (SSSR count). The van der Waals surface area contributed by atoms with E-state index in [0.717, 1.165) is 0 Å². The van der Waals surface area contributed by atoms with Crippen molar-refractivity contribution >= 4 is 66.0 Å². The maximum Gasteiger partial charge on any atom is -0.00199 e. The van der Waals surface area contributed by atoms with Crippen LogP contribution in [0.3, 0.4) is 0 Å². The van der Waals surface area contributed by atoms with Gasteiger partial charge in [-0.3, -0.25) is 0 Å². The van der Waals surface area contributed by atoms with E-state index < -0.39 is 0 Å². The van der Waals surface area contributed by atoms with Gasteiger partial charge in [0, 0.05) is 0 Å². The van der Waals surface area contributed by atoms with Crippen molar-refractivity contribution < 1.29 is 0 Å². The van der Waals surface area contributed by atoms with Gasteiger partial charge in [-0.05, 0) is 122 Å². The predicted molar refractivity (Wildman–Crippen MR) is 251 cm³/mol. The van der Waals surface area contributed by atoms with Crippen LogP contribution in [0.1, 0.15) is 11.1 Å². The van der Waals surface area contributed by atoms with Crippen LogP contribution in [-0.4, -0.2) is 0 Å². The molecule has 0 atom stereocenters. The lowest BCUT2D eigenvalue weighted by molar-refractivity contribution is 1.61. The Labute approximate surface area is 338 Å². The van der Waals surface area contributed by atoms with Crippen LogP contribution < -0.4 is 0 Å². The van der Waals surface area contributed by atoms with Gasteiger partial charge in [0.25, 0.3) is 0 Å². The van der Waals surface area contributed by atoms with Gasteiger partial charge in [-0.25, -0.2) is 0 Å². The van der Waals surface area contributed by atoms with Gasteiger partial charge in [0.1, 0.15) is 0 Å². The lowest BCUT2D eigenvalue weighted by Crippen LogP contribution is -1.93. The van der Waals surface area contributed by atoms with Crippen molar-refractivity contribution in [3.63, 3.8) is 0 Å². The van der Waals surface area contributed by atoms with Crippen LogP contribution >= 0.6 is 0 Å². The second-order valence-corrected chi connectivity index (χ2v) is 15.2. The van der Waals surface area contributed by atoms with Crippen LogP contribution in [0.5, 0.6) is 0 Å². The molecule has 0 amide bonds. The molecule has 58 heavy (non-hydrogen) atoms. The van der Waals surface area contributed by atoms with Crippen LogP contribution in [0.15, 0.2) is 218 Å². The molecule has 0 bridgehead atoms. The van der Waals surface area contributed by atoms with Crippen molar-refractivity contribution in [1.29, 1.82) is 0 Å². The van der Waals surface area contributed by atoms with Crippen molar-refractivity contribution in [1.82, 2.24) is 0 Å². The summed E-state index contributed by atoms with van der Waals surface area (Å²) in [5, 5.41) is 12.5. The second-order valence-electron chi connectivity index (χ2n) is 15.2. The summed E-state index contributed by atoms with van der Waals surface area (Å²) >= 11 is 0. The van der Waals surface area contributed by atoms with Crippen LogP contribution in [0.4, 0.5) is 0 Å². The number of rotatable bonds is 6. The van der Waals surface area contributed by atoms with E-state index >= 15 is 0 Å². The molecule has 0 unspecified atom stereocenters. The molecule has 0 aromatic heterocycles. The summed E-state index contributed by atoms with van der Waals surface area (Å²) in [6, 6.07) is 80.1. The topological polar surface area (TPSA) is 0 Å². The Morgan fingerprint density at radius 3 is 1.28 bits per heavy atom. The molecule has 270 valence electrons. The van der Waals surface area contributed by atoms with Crippen LogP contribution in [0.2, 0.25) is 0 Å². The average molecular weight is 735 g/mol. The molecule has 0 spiro atoms. The van der Waals surface area contributed by atoms with E-state index in [1.54, 1.807) is 0 Å². The first-order valence-electron chi connectivity index (χ1n) is 20.1. The van der Waals surface area contributed by atoms with E-state index in [9.17, 15) is 0 Å². The first-order valence-corrected chi connectivity index (χ1v) is 20.1. The number of hydrogen-bond donors (Lipinski definition) is 0. The average Bonchev–Trinajstić information content (AvgIpc) is 3.29. The molecule has 0 N–H and O–H groups in total. The smallest absolute Gasteiger partial charge is 0.00199 e. The zero-order valence-corrected chi connectivity index (χ0v) is 31.9. The Morgan fingerprint density at radius 1 is 0.224 bits per heavy atom. The molecule has 0 aliphatic heterocycles. The Bertz CT molecular complexity index is 3370. The molecule has 0 saturated heterocycles. The van der Waals surface area contributed by atoms with Gasteiger partial charge in [-0.2, -0.15) is 0 Å². The summed E-state index contributed by atoms with van der Waals surface area (Å²) in [4.78, 5) is 0. The first kappa shape index (κ1) is 33.8. The lowest BCUT2D eigenvalue weighted by atomic mass is 9.82. The molecule has 11 aromatic rings. The van der Waals surface area contributed by atoms with Crippen LogP contribution in [0, 0.1) is 0 Å². The third-order valence-corrected chi connectivity index (χ3v) is 11.8. The summed E-state index contributed by atoms with van der Waals surface area (Å²) in [5.74, 6) is 0. The molecule has 0 saturated carbocycles. The Hall–Kier alpha value is -7.54. The maximum atomic E-state index is 2.46. The van der Waals surface area contributed by atoms with Crippen molar-refractivity contribution in [2.45, 2.75) is 0 Å². The van der Waals surface area contributed by atoms with Gasteiger partial charge in [0.05, 0.1) is 0 Å².